The van der Waals surface area contributed by atoms with E-state index in [-0.39, 0.29) is 62.6 Å². The quantitative estimate of drug-likeness (QED) is 0.557. The van der Waals surface area contributed by atoms with Gasteiger partial charge in [-0.3, -0.25) is 0 Å². The number of hydrogen-bond donors (Lipinski definition) is 2. The monoisotopic (exact) mass is 406 g/mol. The smallest absolute Gasteiger partial charge is 0.328 e. The molecule has 0 heterocycles. The normalized spacial score (nSPS) is 31.0. The Hall–Kier alpha value is 0.0800. The SMILES string of the molecule is Cl.Cl.NC1CCC(C(F)(F)F)CC1.NC1CCC(C(F)(F)F)CC1. The zero-order valence-corrected chi connectivity index (χ0v) is 14.8. The van der Waals surface area contributed by atoms with E-state index in [0.29, 0.717) is 25.7 Å². The average molecular weight is 407 g/mol. The van der Waals surface area contributed by atoms with Crippen LogP contribution in [0.15, 0.2) is 0 Å². The lowest BCUT2D eigenvalue weighted by Crippen LogP contribution is -2.33. The van der Waals surface area contributed by atoms with Crippen molar-refractivity contribution in [3.05, 3.63) is 0 Å². The first kappa shape index (κ1) is 26.3. The molecule has 2 saturated carbocycles. The van der Waals surface area contributed by atoms with Gasteiger partial charge in [-0.1, -0.05) is 0 Å². The Morgan fingerprint density at radius 1 is 0.500 bits per heavy atom. The molecular formula is C14H26Cl2F6N2. The van der Waals surface area contributed by atoms with Crippen molar-refractivity contribution in [2.75, 3.05) is 0 Å². The van der Waals surface area contributed by atoms with E-state index in [1.807, 2.05) is 0 Å². The third-order valence-electron chi connectivity index (χ3n) is 4.47. The van der Waals surface area contributed by atoms with Crippen molar-refractivity contribution in [1.82, 2.24) is 0 Å². The fraction of sp³-hybridized carbons (Fsp3) is 1.00. The first-order valence-corrected chi connectivity index (χ1v) is 7.64. The highest BCUT2D eigenvalue weighted by Gasteiger charge is 2.41. The van der Waals surface area contributed by atoms with Crippen LogP contribution < -0.4 is 11.5 Å². The zero-order valence-electron chi connectivity index (χ0n) is 13.2. The summed E-state index contributed by atoms with van der Waals surface area (Å²) in [6.45, 7) is 0. The van der Waals surface area contributed by atoms with Gasteiger partial charge in [0.25, 0.3) is 0 Å². The standard InChI is InChI=1S/2C7H12F3N.2ClH/c2*8-7(9,10)5-1-3-6(11)4-2-5;;/h2*5-6H,1-4,11H2;2*1H. The van der Waals surface area contributed by atoms with E-state index < -0.39 is 24.2 Å². The van der Waals surface area contributed by atoms with E-state index in [1.165, 1.54) is 0 Å². The van der Waals surface area contributed by atoms with Gasteiger partial charge in [-0.25, -0.2) is 0 Å². The fourth-order valence-electron chi connectivity index (χ4n) is 2.89. The minimum atomic E-state index is -4.00. The summed E-state index contributed by atoms with van der Waals surface area (Å²) in [5, 5.41) is 0. The van der Waals surface area contributed by atoms with Crippen LogP contribution in [0.5, 0.6) is 0 Å². The van der Waals surface area contributed by atoms with Gasteiger partial charge in [0.05, 0.1) is 11.8 Å². The first-order chi connectivity index (χ1) is 10.00. The highest BCUT2D eigenvalue weighted by Crippen LogP contribution is 2.37. The van der Waals surface area contributed by atoms with Gasteiger partial charge in [-0.15, -0.1) is 24.8 Å². The van der Waals surface area contributed by atoms with E-state index in [2.05, 4.69) is 0 Å². The molecule has 0 aromatic heterocycles. The molecule has 2 aliphatic rings. The summed E-state index contributed by atoms with van der Waals surface area (Å²) in [6.07, 6.45) is -5.08. The molecule has 0 saturated heterocycles. The van der Waals surface area contributed by atoms with Crippen LogP contribution in [0.3, 0.4) is 0 Å². The number of hydrogen-bond acceptors (Lipinski definition) is 2. The van der Waals surface area contributed by atoms with Crippen molar-refractivity contribution in [3.8, 4) is 0 Å². The zero-order chi connectivity index (χ0) is 17.0. The average Bonchev–Trinajstić information content (AvgIpc) is 2.38. The number of nitrogens with two attached hydrogens (primary N) is 2. The molecule has 0 amide bonds. The van der Waals surface area contributed by atoms with Crippen LogP contribution in [0.25, 0.3) is 0 Å². The number of rotatable bonds is 0. The van der Waals surface area contributed by atoms with Crippen molar-refractivity contribution in [2.24, 2.45) is 23.3 Å². The second-order valence-electron chi connectivity index (χ2n) is 6.31. The van der Waals surface area contributed by atoms with Crippen LogP contribution in [0.1, 0.15) is 51.4 Å². The Balaban J connectivity index is 0. The molecule has 148 valence electrons. The molecule has 10 heteroatoms. The maximum atomic E-state index is 12.0. The Bertz CT molecular complexity index is 290. The third-order valence-corrected chi connectivity index (χ3v) is 4.47. The van der Waals surface area contributed by atoms with Gasteiger partial charge in [-0.2, -0.15) is 26.3 Å². The summed E-state index contributed by atoms with van der Waals surface area (Å²) in [4.78, 5) is 0. The Morgan fingerprint density at radius 3 is 0.875 bits per heavy atom. The van der Waals surface area contributed by atoms with Gasteiger partial charge in [0.15, 0.2) is 0 Å². The van der Waals surface area contributed by atoms with Crippen molar-refractivity contribution < 1.29 is 26.3 Å². The second kappa shape index (κ2) is 10.9. The minimum Gasteiger partial charge on any atom is -0.328 e. The van der Waals surface area contributed by atoms with E-state index >= 15 is 0 Å². The van der Waals surface area contributed by atoms with Crippen molar-refractivity contribution >= 4 is 24.8 Å². The van der Waals surface area contributed by atoms with Gasteiger partial charge in [0.2, 0.25) is 0 Å². The fourth-order valence-corrected chi connectivity index (χ4v) is 2.89. The molecule has 2 aliphatic carbocycles. The van der Waals surface area contributed by atoms with Crippen LogP contribution in [0.4, 0.5) is 26.3 Å². The van der Waals surface area contributed by atoms with Gasteiger partial charge >= 0.3 is 12.4 Å². The summed E-state index contributed by atoms with van der Waals surface area (Å²) in [5.41, 5.74) is 10.9. The van der Waals surface area contributed by atoms with Gasteiger partial charge in [0, 0.05) is 12.1 Å². The molecule has 24 heavy (non-hydrogen) atoms. The van der Waals surface area contributed by atoms with Crippen molar-refractivity contribution in [1.29, 1.82) is 0 Å². The lowest BCUT2D eigenvalue weighted by Gasteiger charge is -2.27. The first-order valence-electron chi connectivity index (χ1n) is 7.64. The van der Waals surface area contributed by atoms with Crippen LogP contribution >= 0.6 is 24.8 Å². The Kier molecular flexibility index (Phi) is 12.0. The molecule has 2 rings (SSSR count). The third kappa shape index (κ3) is 9.53. The molecule has 0 atom stereocenters. The van der Waals surface area contributed by atoms with Crippen LogP contribution in [0.2, 0.25) is 0 Å². The van der Waals surface area contributed by atoms with E-state index in [4.69, 9.17) is 11.5 Å². The van der Waals surface area contributed by atoms with E-state index in [1.54, 1.807) is 0 Å². The highest BCUT2D eigenvalue weighted by atomic mass is 35.5. The lowest BCUT2D eigenvalue weighted by atomic mass is 9.86. The molecule has 0 bridgehead atoms. The predicted molar refractivity (Wildman–Crippen MR) is 86.5 cm³/mol. The molecule has 0 unspecified atom stereocenters. The van der Waals surface area contributed by atoms with Gasteiger partial charge in [0.1, 0.15) is 0 Å². The lowest BCUT2D eigenvalue weighted by molar-refractivity contribution is -0.183. The molecule has 0 aliphatic heterocycles. The molecule has 4 N–H and O–H groups in total. The molecular weight excluding hydrogens is 381 g/mol. The molecule has 0 spiro atoms. The van der Waals surface area contributed by atoms with Gasteiger partial charge < -0.3 is 11.5 Å². The maximum absolute atomic E-state index is 12.0. The number of alkyl halides is 6. The number of halogens is 8. The minimum absolute atomic E-state index is 0. The molecule has 0 aromatic rings. The molecule has 0 radical (unpaired) electrons. The highest BCUT2D eigenvalue weighted by molar-refractivity contribution is 5.85. The summed E-state index contributed by atoms with van der Waals surface area (Å²) < 4.78 is 72.2. The van der Waals surface area contributed by atoms with Crippen LogP contribution in [-0.2, 0) is 0 Å². The van der Waals surface area contributed by atoms with Crippen LogP contribution in [-0.4, -0.2) is 24.4 Å². The summed E-state index contributed by atoms with van der Waals surface area (Å²) >= 11 is 0. The summed E-state index contributed by atoms with van der Waals surface area (Å²) in [5.74, 6) is -2.19. The van der Waals surface area contributed by atoms with E-state index in [0.717, 1.165) is 0 Å². The molecule has 2 nitrogen and oxygen atoms in total. The summed E-state index contributed by atoms with van der Waals surface area (Å²) in [7, 11) is 0. The molecule has 2 fully saturated rings. The van der Waals surface area contributed by atoms with Gasteiger partial charge in [-0.05, 0) is 51.4 Å². The molecule has 0 aromatic carbocycles. The van der Waals surface area contributed by atoms with Crippen molar-refractivity contribution in [3.63, 3.8) is 0 Å². The Morgan fingerprint density at radius 2 is 0.708 bits per heavy atom. The second-order valence-corrected chi connectivity index (χ2v) is 6.31. The van der Waals surface area contributed by atoms with Crippen molar-refractivity contribution in [2.45, 2.75) is 75.8 Å². The van der Waals surface area contributed by atoms with E-state index in [9.17, 15) is 26.3 Å². The predicted octanol–water partition coefficient (Wildman–Crippen LogP) is 4.98. The largest absolute Gasteiger partial charge is 0.391 e. The topological polar surface area (TPSA) is 52.0 Å². The maximum Gasteiger partial charge on any atom is 0.391 e. The van der Waals surface area contributed by atoms with Crippen LogP contribution in [0, 0.1) is 11.8 Å². The summed E-state index contributed by atoms with van der Waals surface area (Å²) in [6, 6.07) is -0.0119. The Labute approximate surface area is 150 Å².